The molecule has 0 spiro atoms. The summed E-state index contributed by atoms with van der Waals surface area (Å²) in [7, 11) is 0. The summed E-state index contributed by atoms with van der Waals surface area (Å²) in [5.41, 5.74) is 10.3. The van der Waals surface area contributed by atoms with Crippen molar-refractivity contribution < 1.29 is 4.74 Å². The zero-order chi connectivity index (χ0) is 37.2. The van der Waals surface area contributed by atoms with Crippen LogP contribution in [0, 0.1) is 0 Å². The molecule has 0 saturated carbocycles. The second-order valence-electron chi connectivity index (χ2n) is 15.0. The highest BCUT2D eigenvalue weighted by Gasteiger charge is 2.27. The Morgan fingerprint density at radius 3 is 1.89 bits per heavy atom. The van der Waals surface area contributed by atoms with Crippen molar-refractivity contribution >= 4 is 76.1 Å². The molecule has 0 saturated heterocycles. The quantitative estimate of drug-likeness (QED) is 0.182. The fourth-order valence-corrected chi connectivity index (χ4v) is 9.35. The summed E-state index contributed by atoms with van der Waals surface area (Å²) in [5, 5.41) is 10.5. The largest absolute Gasteiger partial charge is 0.456 e. The number of para-hydroxylation sites is 3. The molecular formula is C52H30N4O. The van der Waals surface area contributed by atoms with Gasteiger partial charge in [-0.3, -0.25) is 4.57 Å². The molecule has 57 heavy (non-hydrogen) atoms. The number of hydrogen-bond acceptors (Lipinski definition) is 3. The van der Waals surface area contributed by atoms with Crippen molar-refractivity contribution in [3.63, 3.8) is 0 Å². The third-order valence-electron chi connectivity index (χ3n) is 11.9. The van der Waals surface area contributed by atoms with Gasteiger partial charge in [0.2, 0.25) is 5.95 Å². The number of hydrogen-bond donors (Lipinski definition) is 0. The Kier molecular flexibility index (Phi) is 6.10. The Labute approximate surface area is 326 Å². The van der Waals surface area contributed by atoms with Crippen molar-refractivity contribution in [2.45, 2.75) is 0 Å². The first-order valence-electron chi connectivity index (χ1n) is 19.3. The highest BCUT2D eigenvalue weighted by Crippen LogP contribution is 2.48. The summed E-state index contributed by atoms with van der Waals surface area (Å²) in [4.78, 5) is 11.1. The molecule has 1 aliphatic heterocycles. The lowest BCUT2D eigenvalue weighted by Gasteiger charge is -2.22. The molecule has 0 unspecified atom stereocenters. The van der Waals surface area contributed by atoms with Gasteiger partial charge in [-0.2, -0.15) is 0 Å². The Morgan fingerprint density at radius 1 is 0.386 bits per heavy atom. The number of benzene rings is 9. The Balaban J connectivity index is 1.16. The first kappa shape index (κ1) is 30.6. The van der Waals surface area contributed by atoms with Crippen LogP contribution in [-0.2, 0) is 0 Å². The lowest BCUT2D eigenvalue weighted by molar-refractivity contribution is 0.486. The van der Waals surface area contributed by atoms with E-state index in [2.05, 4.69) is 179 Å². The van der Waals surface area contributed by atoms with Crippen LogP contribution in [0.25, 0.3) is 110 Å². The predicted molar refractivity (Wildman–Crippen MR) is 234 cm³/mol. The minimum atomic E-state index is 0.617. The lowest BCUT2D eigenvalue weighted by atomic mass is 9.95. The second kappa shape index (κ2) is 11.4. The van der Waals surface area contributed by atoms with Gasteiger partial charge in [-0.05, 0) is 82.4 Å². The molecule has 0 bridgehead atoms. The van der Waals surface area contributed by atoms with E-state index in [0.717, 1.165) is 77.8 Å². The third-order valence-corrected chi connectivity index (χ3v) is 11.9. The van der Waals surface area contributed by atoms with E-state index in [0.29, 0.717) is 5.95 Å². The van der Waals surface area contributed by atoms with Gasteiger partial charge >= 0.3 is 0 Å². The van der Waals surface area contributed by atoms with E-state index in [1.54, 1.807) is 0 Å². The number of nitrogens with zero attached hydrogens (tertiary/aromatic N) is 4. The van der Waals surface area contributed by atoms with Crippen molar-refractivity contribution in [2.24, 2.45) is 0 Å². The van der Waals surface area contributed by atoms with Crippen molar-refractivity contribution in [1.82, 2.24) is 19.1 Å². The fourth-order valence-electron chi connectivity index (χ4n) is 9.35. The zero-order valence-electron chi connectivity index (χ0n) is 30.5. The second-order valence-corrected chi connectivity index (χ2v) is 15.0. The van der Waals surface area contributed by atoms with Crippen LogP contribution in [0.1, 0.15) is 0 Å². The van der Waals surface area contributed by atoms with E-state index in [4.69, 9.17) is 14.7 Å². The van der Waals surface area contributed by atoms with E-state index < -0.39 is 0 Å². The lowest BCUT2D eigenvalue weighted by Crippen LogP contribution is -2.07. The van der Waals surface area contributed by atoms with Crippen LogP contribution in [-0.4, -0.2) is 19.1 Å². The normalized spacial score (nSPS) is 12.4. The van der Waals surface area contributed by atoms with Gasteiger partial charge in [-0.1, -0.05) is 121 Å². The van der Waals surface area contributed by atoms with Crippen LogP contribution >= 0.6 is 0 Å². The molecule has 4 heterocycles. The summed E-state index contributed by atoms with van der Waals surface area (Å²) >= 11 is 0. The van der Waals surface area contributed by atoms with Gasteiger partial charge in [0.25, 0.3) is 0 Å². The number of rotatable bonds is 3. The van der Waals surface area contributed by atoms with Crippen molar-refractivity contribution in [3.8, 4) is 45.5 Å². The van der Waals surface area contributed by atoms with Crippen LogP contribution in [0.4, 0.5) is 0 Å². The van der Waals surface area contributed by atoms with E-state index >= 15 is 0 Å². The summed E-state index contributed by atoms with van der Waals surface area (Å²) < 4.78 is 11.2. The highest BCUT2D eigenvalue weighted by atomic mass is 16.5. The third kappa shape index (κ3) is 4.28. The number of aromatic nitrogens is 4. The van der Waals surface area contributed by atoms with Crippen LogP contribution < -0.4 is 4.74 Å². The average molecular weight is 727 g/mol. The van der Waals surface area contributed by atoms with E-state index in [1.165, 1.54) is 37.8 Å². The summed E-state index contributed by atoms with van der Waals surface area (Å²) in [6, 6.07) is 64.9. The van der Waals surface area contributed by atoms with Gasteiger partial charge in [-0.25, -0.2) is 9.97 Å². The Bertz CT molecular complexity index is 3680. The summed E-state index contributed by atoms with van der Waals surface area (Å²) in [5.74, 6) is 2.17. The topological polar surface area (TPSA) is 44.9 Å². The number of fused-ring (bicyclic) bond motifs is 10. The maximum absolute atomic E-state index is 6.55. The zero-order valence-corrected chi connectivity index (χ0v) is 30.5. The molecular weight excluding hydrogens is 697 g/mol. The minimum Gasteiger partial charge on any atom is -0.456 e. The molecule has 12 aromatic rings. The van der Waals surface area contributed by atoms with Crippen molar-refractivity contribution in [1.29, 1.82) is 0 Å². The molecule has 5 nitrogen and oxygen atoms in total. The van der Waals surface area contributed by atoms with Crippen LogP contribution in [0.15, 0.2) is 182 Å². The summed E-state index contributed by atoms with van der Waals surface area (Å²) in [6.07, 6.45) is 0. The molecule has 1 aliphatic rings. The molecule has 0 amide bonds. The van der Waals surface area contributed by atoms with Gasteiger partial charge in [0.05, 0.1) is 44.4 Å². The monoisotopic (exact) mass is 726 g/mol. The maximum atomic E-state index is 6.55. The van der Waals surface area contributed by atoms with Gasteiger partial charge in [-0.15, -0.1) is 0 Å². The summed E-state index contributed by atoms with van der Waals surface area (Å²) in [6.45, 7) is 0. The molecule has 0 N–H and O–H groups in total. The molecule has 0 atom stereocenters. The molecule has 3 aromatic heterocycles. The Morgan fingerprint density at radius 2 is 1.05 bits per heavy atom. The molecule has 0 radical (unpaired) electrons. The van der Waals surface area contributed by atoms with Gasteiger partial charge in [0.1, 0.15) is 11.5 Å². The van der Waals surface area contributed by atoms with E-state index in [1.807, 2.05) is 12.1 Å². The van der Waals surface area contributed by atoms with Crippen molar-refractivity contribution in [2.75, 3.05) is 0 Å². The molecule has 5 heteroatoms. The van der Waals surface area contributed by atoms with E-state index in [-0.39, 0.29) is 0 Å². The molecule has 0 aliphatic carbocycles. The van der Waals surface area contributed by atoms with Gasteiger partial charge < -0.3 is 9.30 Å². The molecule has 264 valence electrons. The van der Waals surface area contributed by atoms with E-state index in [9.17, 15) is 0 Å². The smallest absolute Gasteiger partial charge is 0.235 e. The van der Waals surface area contributed by atoms with Crippen LogP contribution in [0.2, 0.25) is 0 Å². The van der Waals surface area contributed by atoms with Crippen LogP contribution in [0.5, 0.6) is 11.5 Å². The fraction of sp³-hybridized carbons (Fsp3) is 0. The average Bonchev–Trinajstić information content (AvgIpc) is 3.77. The number of ether oxygens (including phenoxy) is 1. The minimum absolute atomic E-state index is 0.617. The van der Waals surface area contributed by atoms with Crippen LogP contribution in [0.3, 0.4) is 0 Å². The molecule has 9 aromatic carbocycles. The van der Waals surface area contributed by atoms with Crippen molar-refractivity contribution in [3.05, 3.63) is 182 Å². The first-order chi connectivity index (χ1) is 28.3. The highest BCUT2D eigenvalue weighted by molar-refractivity contribution is 6.20. The SMILES string of the molecule is c1ccc2c(c1)Oc1ccc(-c3ccc4ccccc4c3)c3nc(-n4c5ccccc5c5cc6c7ccccc7n(-c7cccc8ccccc78)c6cc54)nc-2c13. The standard InChI is InChI=1S/C52H30N4O/c1-2-14-33-28-34(25-24-31(33)12-1)36-26-27-48-49-50(36)53-52(54-51(49)39-19-7-10-23-47(39)57-48)56-44-21-9-6-18-38(44)41-29-40-37-17-5-8-20-43(37)55(45(40)30-46(41)56)42-22-11-15-32-13-3-4-16-35(32)42/h1-30H. The molecule has 13 rings (SSSR count). The maximum Gasteiger partial charge on any atom is 0.235 e. The van der Waals surface area contributed by atoms with Gasteiger partial charge in [0.15, 0.2) is 0 Å². The Hall–Kier alpha value is -7.76. The predicted octanol–water partition coefficient (Wildman–Crippen LogP) is 13.6. The van der Waals surface area contributed by atoms with Gasteiger partial charge in [0, 0.05) is 38.1 Å². The molecule has 0 fully saturated rings. The first-order valence-corrected chi connectivity index (χ1v) is 19.3.